The summed E-state index contributed by atoms with van der Waals surface area (Å²) in [6.07, 6.45) is 1.71. The van der Waals surface area contributed by atoms with E-state index in [0.29, 0.717) is 0 Å². The Labute approximate surface area is 97.2 Å². The molecule has 2 aromatic rings. The van der Waals surface area contributed by atoms with Crippen molar-refractivity contribution < 1.29 is 9.31 Å². The molecule has 0 aliphatic rings. The second kappa shape index (κ2) is 4.78. The Bertz CT molecular complexity index is 494. The lowest BCUT2D eigenvalue weighted by molar-refractivity contribution is -0.481. The lowest BCUT2D eigenvalue weighted by Crippen LogP contribution is -2.14. The van der Waals surface area contributed by atoms with Crippen LogP contribution in [0.4, 0.5) is 4.39 Å². The lowest BCUT2D eigenvalue weighted by Gasteiger charge is -2.11. The van der Waals surface area contributed by atoms with Gasteiger partial charge in [-0.25, -0.2) is 4.39 Å². The first kappa shape index (κ1) is 11.3. The number of aromatic nitrogens is 1. The van der Waals surface area contributed by atoms with Crippen LogP contribution in [-0.4, -0.2) is 16.5 Å². The average molecular weight is 234 g/mol. The molecule has 1 N–H and O–H groups in total. The number of H-pyrrole nitrogens is 1. The Morgan fingerprint density at radius 2 is 2.00 bits per heavy atom. The van der Waals surface area contributed by atoms with Crippen LogP contribution < -0.4 is 0 Å². The van der Waals surface area contributed by atoms with Crippen LogP contribution >= 0.6 is 0 Å². The first-order valence-electron chi connectivity index (χ1n) is 5.17. The van der Waals surface area contributed by atoms with Crippen molar-refractivity contribution in [3.63, 3.8) is 0 Å². The fraction of sp³-hybridized carbons (Fsp3) is 0.167. The van der Waals surface area contributed by atoms with E-state index >= 15 is 0 Å². The quantitative estimate of drug-likeness (QED) is 0.652. The summed E-state index contributed by atoms with van der Waals surface area (Å²) in [4.78, 5) is 13.3. The van der Waals surface area contributed by atoms with Gasteiger partial charge in [0.25, 0.3) is 0 Å². The van der Waals surface area contributed by atoms with Gasteiger partial charge in [-0.3, -0.25) is 10.1 Å². The zero-order chi connectivity index (χ0) is 12.3. The number of aromatic amines is 1. The molecule has 88 valence electrons. The summed E-state index contributed by atoms with van der Waals surface area (Å²) in [5, 5.41) is 10.7. The molecule has 4 nitrogen and oxygen atoms in total. The predicted octanol–water partition coefficient (Wildman–Crippen LogP) is 2.56. The third kappa shape index (κ3) is 2.69. The molecular formula is C12H11FN2O2. The summed E-state index contributed by atoms with van der Waals surface area (Å²) >= 11 is 0. The van der Waals surface area contributed by atoms with Gasteiger partial charge in [-0.15, -0.1) is 0 Å². The minimum Gasteiger partial charge on any atom is -0.364 e. The third-order valence-electron chi connectivity index (χ3n) is 2.60. The molecule has 0 saturated carbocycles. The summed E-state index contributed by atoms with van der Waals surface area (Å²) in [7, 11) is 0. The van der Waals surface area contributed by atoms with Gasteiger partial charge in [0, 0.05) is 16.8 Å². The monoisotopic (exact) mass is 234 g/mol. The number of hydrogen-bond donors (Lipinski definition) is 1. The average Bonchev–Trinajstić information content (AvgIpc) is 2.80. The van der Waals surface area contributed by atoms with E-state index < -0.39 is 0 Å². The summed E-state index contributed by atoms with van der Waals surface area (Å²) < 4.78 is 12.8. The van der Waals surface area contributed by atoms with Gasteiger partial charge in [-0.05, 0) is 29.8 Å². The van der Waals surface area contributed by atoms with E-state index in [0.717, 1.165) is 11.3 Å². The van der Waals surface area contributed by atoms with Crippen molar-refractivity contribution in [3.05, 3.63) is 69.8 Å². The maximum Gasteiger partial charge on any atom is 0.216 e. The summed E-state index contributed by atoms with van der Waals surface area (Å²) in [5.41, 5.74) is 1.49. The zero-order valence-corrected chi connectivity index (χ0v) is 8.97. The number of nitrogens with zero attached hydrogens (tertiary/aromatic N) is 1. The summed E-state index contributed by atoms with van der Waals surface area (Å²) in [5.74, 6) is -0.722. The number of benzene rings is 1. The maximum atomic E-state index is 12.8. The van der Waals surface area contributed by atoms with Gasteiger partial charge in [0.1, 0.15) is 5.82 Å². The van der Waals surface area contributed by atoms with E-state index in [9.17, 15) is 14.5 Å². The second-order valence-electron chi connectivity index (χ2n) is 3.74. The van der Waals surface area contributed by atoms with Gasteiger partial charge < -0.3 is 4.98 Å². The third-order valence-corrected chi connectivity index (χ3v) is 2.60. The molecule has 1 aromatic carbocycles. The number of rotatable bonds is 4. The normalized spacial score (nSPS) is 12.3. The van der Waals surface area contributed by atoms with Gasteiger partial charge in [-0.1, -0.05) is 12.1 Å². The predicted molar refractivity (Wildman–Crippen MR) is 60.9 cm³/mol. The van der Waals surface area contributed by atoms with Crippen LogP contribution in [0.25, 0.3) is 0 Å². The number of nitrogens with one attached hydrogen (secondary N) is 1. The summed E-state index contributed by atoms with van der Waals surface area (Å²) in [6.45, 7) is -0.216. The van der Waals surface area contributed by atoms with Gasteiger partial charge in [-0.2, -0.15) is 0 Å². The van der Waals surface area contributed by atoms with E-state index in [1.165, 1.54) is 12.1 Å². The van der Waals surface area contributed by atoms with E-state index in [1.807, 2.05) is 0 Å². The molecule has 0 fully saturated rings. The van der Waals surface area contributed by atoms with Crippen LogP contribution in [0.2, 0.25) is 0 Å². The molecule has 0 saturated heterocycles. The van der Waals surface area contributed by atoms with Gasteiger partial charge in [0.15, 0.2) is 0 Å². The highest BCUT2D eigenvalue weighted by Crippen LogP contribution is 2.23. The topological polar surface area (TPSA) is 58.9 Å². The summed E-state index contributed by atoms with van der Waals surface area (Å²) in [6, 6.07) is 9.34. The van der Waals surface area contributed by atoms with Crippen LogP contribution in [0.1, 0.15) is 17.2 Å². The smallest absolute Gasteiger partial charge is 0.216 e. The fourth-order valence-electron chi connectivity index (χ4n) is 1.79. The molecule has 1 aromatic heterocycles. The van der Waals surface area contributed by atoms with Crippen LogP contribution in [0.3, 0.4) is 0 Å². The Morgan fingerprint density at radius 3 is 2.53 bits per heavy atom. The SMILES string of the molecule is O=[N+]([O-])C[C@H](c1ccc(F)cc1)c1ccc[nH]1. The van der Waals surface area contributed by atoms with Crippen molar-refractivity contribution in [2.75, 3.05) is 6.54 Å². The van der Waals surface area contributed by atoms with Crippen LogP contribution in [-0.2, 0) is 0 Å². The fourth-order valence-corrected chi connectivity index (χ4v) is 1.79. The molecule has 0 aliphatic carbocycles. The van der Waals surface area contributed by atoms with Gasteiger partial charge in [0.2, 0.25) is 6.54 Å². The van der Waals surface area contributed by atoms with Crippen molar-refractivity contribution >= 4 is 0 Å². The highest BCUT2D eigenvalue weighted by atomic mass is 19.1. The van der Waals surface area contributed by atoms with Crippen molar-refractivity contribution in [3.8, 4) is 0 Å². The molecule has 0 aliphatic heterocycles. The number of nitro groups is 1. The van der Waals surface area contributed by atoms with Crippen LogP contribution in [0.5, 0.6) is 0 Å². The highest BCUT2D eigenvalue weighted by Gasteiger charge is 2.20. The highest BCUT2D eigenvalue weighted by molar-refractivity contribution is 5.29. The van der Waals surface area contributed by atoms with Crippen molar-refractivity contribution in [1.29, 1.82) is 0 Å². The number of hydrogen-bond acceptors (Lipinski definition) is 2. The Morgan fingerprint density at radius 1 is 1.29 bits per heavy atom. The van der Waals surface area contributed by atoms with Gasteiger partial charge in [0.05, 0.1) is 5.92 Å². The Kier molecular flexibility index (Phi) is 3.18. The minimum absolute atomic E-state index is 0.216. The van der Waals surface area contributed by atoms with Gasteiger partial charge >= 0.3 is 0 Å². The first-order valence-corrected chi connectivity index (χ1v) is 5.17. The molecule has 1 atom stereocenters. The van der Waals surface area contributed by atoms with Crippen LogP contribution in [0, 0.1) is 15.9 Å². The molecular weight excluding hydrogens is 223 g/mol. The molecule has 17 heavy (non-hydrogen) atoms. The minimum atomic E-state index is -0.374. The first-order chi connectivity index (χ1) is 8.16. The van der Waals surface area contributed by atoms with E-state index in [4.69, 9.17) is 0 Å². The Balaban J connectivity index is 2.33. The lowest BCUT2D eigenvalue weighted by atomic mass is 9.96. The Hall–Kier alpha value is -2.17. The molecule has 0 spiro atoms. The molecule has 0 bridgehead atoms. The second-order valence-corrected chi connectivity index (χ2v) is 3.74. The molecule has 0 unspecified atom stereocenters. The van der Waals surface area contributed by atoms with Crippen LogP contribution in [0.15, 0.2) is 42.6 Å². The largest absolute Gasteiger partial charge is 0.364 e. The van der Waals surface area contributed by atoms with Crippen molar-refractivity contribution in [2.24, 2.45) is 0 Å². The standard InChI is InChI=1S/C12H11FN2O2/c13-10-5-3-9(4-6-10)11(8-15(16)17)12-2-1-7-14-12/h1-7,11,14H,8H2/t11-/m1/s1. The van der Waals surface area contributed by atoms with E-state index in [2.05, 4.69) is 4.98 Å². The molecule has 5 heteroatoms. The molecule has 0 amide bonds. The number of halogens is 1. The maximum absolute atomic E-state index is 12.8. The van der Waals surface area contributed by atoms with Crippen molar-refractivity contribution in [2.45, 2.75) is 5.92 Å². The zero-order valence-electron chi connectivity index (χ0n) is 8.97. The molecule has 0 radical (unpaired) electrons. The molecule has 2 rings (SSSR count). The molecule has 1 heterocycles. The van der Waals surface area contributed by atoms with E-state index in [-0.39, 0.29) is 23.2 Å². The van der Waals surface area contributed by atoms with Crippen molar-refractivity contribution in [1.82, 2.24) is 4.98 Å². The van der Waals surface area contributed by atoms with E-state index in [1.54, 1.807) is 30.5 Å².